The van der Waals surface area contributed by atoms with Crippen LogP contribution < -0.4 is 40.7 Å². The van der Waals surface area contributed by atoms with Gasteiger partial charge < -0.3 is 22.8 Å². The summed E-state index contributed by atoms with van der Waals surface area (Å²) in [7, 11) is 2.52. The van der Waals surface area contributed by atoms with Crippen molar-refractivity contribution in [3.63, 3.8) is 0 Å². The van der Waals surface area contributed by atoms with Crippen LogP contribution >= 0.6 is 21.6 Å². The Labute approximate surface area is 131 Å². The Morgan fingerprint density at radius 3 is 1.50 bits per heavy atom. The Balaban J connectivity index is 0.00000144. The molecule has 0 aliphatic heterocycles. The van der Waals surface area contributed by atoms with Crippen LogP contribution in [0.25, 0.3) is 0 Å². The van der Waals surface area contributed by atoms with Gasteiger partial charge in [0.2, 0.25) is 0 Å². The van der Waals surface area contributed by atoms with Crippen LogP contribution in [0.5, 0.6) is 0 Å². The molecule has 0 unspecified atom stereocenters. The minimum Gasteiger partial charge on any atom is -1.00 e. The van der Waals surface area contributed by atoms with E-state index in [1.807, 2.05) is 0 Å². The fourth-order valence-corrected chi connectivity index (χ4v) is 3.03. The summed E-state index contributed by atoms with van der Waals surface area (Å²) in [6.45, 7) is 0. The van der Waals surface area contributed by atoms with Gasteiger partial charge in [0.15, 0.2) is 12.4 Å². The van der Waals surface area contributed by atoms with Gasteiger partial charge in [-0.25, -0.2) is 0 Å². The maximum absolute atomic E-state index is 11.3. The van der Waals surface area contributed by atoms with Crippen molar-refractivity contribution >= 4 is 21.6 Å². The van der Waals surface area contributed by atoms with Crippen LogP contribution in [0.1, 0.15) is 0 Å². The summed E-state index contributed by atoms with van der Waals surface area (Å²) in [4.78, 5) is 0. The Morgan fingerprint density at radius 1 is 0.778 bits per heavy atom. The second kappa shape index (κ2) is 8.57. The third-order valence-corrected chi connectivity index (χ3v) is 4.12. The van der Waals surface area contributed by atoms with E-state index in [9.17, 15) is 10.4 Å². The molecule has 4 nitrogen and oxygen atoms in total. The molecule has 0 fully saturated rings. The number of hydrogen-bond donors (Lipinski definition) is 0. The van der Waals surface area contributed by atoms with Crippen molar-refractivity contribution in [2.75, 3.05) is 0 Å². The van der Waals surface area contributed by atoms with E-state index in [4.69, 9.17) is 0 Å². The van der Waals surface area contributed by atoms with Crippen molar-refractivity contribution in [1.82, 2.24) is 0 Å². The maximum Gasteiger partial charge on any atom is 1.00 e. The fraction of sp³-hybridized carbons (Fsp3) is 0. The Morgan fingerprint density at radius 2 is 1.17 bits per heavy atom. The molecule has 0 saturated heterocycles. The molecule has 2 rings (SSSR count). The molecular weight excluding hydrogens is 287 g/mol. The number of halogens is 1. The molecule has 0 radical (unpaired) electrons. The van der Waals surface area contributed by atoms with E-state index < -0.39 is 0 Å². The first-order valence-electron chi connectivity index (χ1n) is 4.48. The van der Waals surface area contributed by atoms with E-state index >= 15 is 0 Å². The molecule has 0 saturated carbocycles. The fourth-order valence-electron chi connectivity index (χ4n) is 1.04. The molecule has 0 amide bonds. The number of hydrogen-bond acceptors (Lipinski definition) is 4. The Bertz CT molecular complexity index is 459. The van der Waals surface area contributed by atoms with Crippen LogP contribution in [-0.4, -0.2) is 0 Å². The van der Waals surface area contributed by atoms with E-state index in [1.165, 1.54) is 34.0 Å². The molecule has 0 aliphatic carbocycles. The van der Waals surface area contributed by atoms with Gasteiger partial charge in [0.05, 0.1) is 0 Å². The predicted molar refractivity (Wildman–Crippen MR) is 62.5 cm³/mol. The molecule has 2 heterocycles. The zero-order valence-corrected chi connectivity index (χ0v) is 11.9. The van der Waals surface area contributed by atoms with Crippen molar-refractivity contribution in [3.8, 4) is 0 Å². The zero-order chi connectivity index (χ0) is 11.4. The first-order valence-corrected chi connectivity index (χ1v) is 6.63. The van der Waals surface area contributed by atoms with Gasteiger partial charge in [-0.3, -0.25) is 0 Å². The minimum absolute atomic E-state index is 0. The van der Waals surface area contributed by atoms with Crippen molar-refractivity contribution in [1.29, 1.82) is 0 Å². The Hall–Kier alpha value is -0.513. The van der Waals surface area contributed by atoms with E-state index in [1.54, 1.807) is 36.4 Å². The smallest absolute Gasteiger partial charge is 1.00 e. The second-order valence-corrected chi connectivity index (χ2v) is 5.07. The molecule has 0 spiro atoms. The van der Waals surface area contributed by atoms with Gasteiger partial charge in [-0.15, -0.1) is 0 Å². The molecule has 0 aliphatic rings. The summed E-state index contributed by atoms with van der Waals surface area (Å²) in [6, 6.07) is 10.3. The van der Waals surface area contributed by atoms with Gasteiger partial charge in [0.25, 0.3) is 10.1 Å². The van der Waals surface area contributed by atoms with Crippen LogP contribution in [0.2, 0.25) is 0 Å². The first-order chi connectivity index (χ1) is 7.77. The number of nitrogens with zero attached hydrogens (tertiary/aromatic N) is 2. The van der Waals surface area contributed by atoms with Crippen molar-refractivity contribution in [2.45, 2.75) is 10.1 Å². The van der Waals surface area contributed by atoms with E-state index in [2.05, 4.69) is 0 Å². The third-order valence-electron chi connectivity index (χ3n) is 1.79. The number of rotatable bonds is 3. The summed E-state index contributed by atoms with van der Waals surface area (Å²) in [5.41, 5.74) is 0. The van der Waals surface area contributed by atoms with Crippen molar-refractivity contribution in [3.05, 3.63) is 59.2 Å². The van der Waals surface area contributed by atoms with Gasteiger partial charge in [0.1, 0.15) is 0 Å². The van der Waals surface area contributed by atoms with Crippen LogP contribution in [0.15, 0.2) is 58.8 Å². The van der Waals surface area contributed by atoms with Gasteiger partial charge in [-0.2, -0.15) is 9.46 Å². The molecular formula is C10H8ClLiN2O2S2. The van der Waals surface area contributed by atoms with E-state index in [0.717, 1.165) is 9.46 Å². The van der Waals surface area contributed by atoms with Crippen LogP contribution in [-0.2, 0) is 0 Å². The molecule has 18 heavy (non-hydrogen) atoms. The molecule has 0 atom stereocenters. The predicted octanol–water partition coefficient (Wildman–Crippen LogP) is -4.24. The molecule has 2 aromatic heterocycles. The average Bonchev–Trinajstić information content (AvgIpc) is 2.30. The normalized spacial score (nSPS) is 9.11. The molecule has 8 heteroatoms. The topological polar surface area (TPSA) is 53.9 Å². The van der Waals surface area contributed by atoms with E-state index in [-0.39, 0.29) is 31.3 Å². The largest absolute Gasteiger partial charge is 1.00 e. The molecule has 2 aromatic rings. The monoisotopic (exact) mass is 294 g/mol. The van der Waals surface area contributed by atoms with Gasteiger partial charge >= 0.3 is 18.9 Å². The zero-order valence-electron chi connectivity index (χ0n) is 9.52. The van der Waals surface area contributed by atoms with Gasteiger partial charge in [-0.05, 0) is 12.1 Å². The van der Waals surface area contributed by atoms with Crippen LogP contribution in [0, 0.1) is 10.4 Å². The number of aromatic nitrogens is 2. The second-order valence-electron chi connectivity index (χ2n) is 2.90. The van der Waals surface area contributed by atoms with Crippen LogP contribution in [0.4, 0.5) is 0 Å². The van der Waals surface area contributed by atoms with Gasteiger partial charge in [0, 0.05) is 45.9 Å². The summed E-state index contributed by atoms with van der Waals surface area (Å²) < 4.78 is 1.55. The third kappa shape index (κ3) is 4.63. The number of pyridine rings is 2. The van der Waals surface area contributed by atoms with Crippen molar-refractivity contribution in [2.24, 2.45) is 0 Å². The standard InChI is InChI=1S/C10H8N2O2S2.ClH.Li/c13-11-7-3-1-5-9(11)15-16-10-6-2-4-8-12(10)14;;/h1-8H;1H;/q;;+1/p-1. The summed E-state index contributed by atoms with van der Waals surface area (Å²) in [5.74, 6) is 0. The van der Waals surface area contributed by atoms with Gasteiger partial charge in [-0.1, -0.05) is 0 Å². The van der Waals surface area contributed by atoms with Crippen molar-refractivity contribution < 1.29 is 40.7 Å². The minimum atomic E-state index is 0. The van der Waals surface area contributed by atoms with Crippen LogP contribution in [0.3, 0.4) is 0 Å². The maximum atomic E-state index is 11.3. The summed E-state index contributed by atoms with van der Waals surface area (Å²) in [6.07, 6.45) is 2.86. The SMILES string of the molecule is [Cl-].[Li+].[O-][n+]1ccccc1SSc1cccc[n+]1[O-]. The molecule has 0 aromatic carbocycles. The first kappa shape index (κ1) is 17.5. The quantitative estimate of drug-likeness (QED) is 0.249. The molecule has 90 valence electrons. The van der Waals surface area contributed by atoms with E-state index in [0.29, 0.717) is 10.1 Å². The summed E-state index contributed by atoms with van der Waals surface area (Å²) >= 11 is 0. The summed E-state index contributed by atoms with van der Waals surface area (Å²) in [5, 5.41) is 23.8. The average molecular weight is 295 g/mol. The Kier molecular flexibility index (Phi) is 8.32. The molecule has 0 N–H and O–H groups in total. The molecule has 0 bridgehead atoms.